The fourth-order valence-corrected chi connectivity index (χ4v) is 2.64. The Bertz CT molecular complexity index is 658. The van der Waals surface area contributed by atoms with Gasteiger partial charge in [0.25, 0.3) is 0 Å². The molecular weight excluding hydrogens is 314 g/mol. The van der Waals surface area contributed by atoms with Crippen molar-refractivity contribution in [2.75, 3.05) is 62.4 Å². The molecule has 0 spiro atoms. The molecule has 0 radical (unpaired) electrons. The van der Waals surface area contributed by atoms with Crippen molar-refractivity contribution in [2.24, 2.45) is 7.05 Å². The molecule has 0 amide bonds. The number of ether oxygens (including phenoxy) is 2. The number of anilines is 2. The second-order valence-electron chi connectivity index (χ2n) is 5.56. The Kier molecular flexibility index (Phi) is 4.17. The second kappa shape index (κ2) is 6.61. The van der Waals surface area contributed by atoms with E-state index in [9.17, 15) is 0 Å². The van der Waals surface area contributed by atoms with Gasteiger partial charge in [-0.2, -0.15) is 19.7 Å². The molecule has 0 unspecified atom stereocenters. The lowest BCUT2D eigenvalue weighted by atomic mass is 10.4. The quantitative estimate of drug-likeness (QED) is 0.675. The summed E-state index contributed by atoms with van der Waals surface area (Å²) in [4.78, 5) is 19.3. The van der Waals surface area contributed by atoms with Gasteiger partial charge in [0.15, 0.2) is 0 Å². The van der Waals surface area contributed by atoms with Crippen LogP contribution >= 0.6 is 0 Å². The van der Waals surface area contributed by atoms with E-state index in [2.05, 4.69) is 40.2 Å². The Morgan fingerprint density at radius 3 is 1.75 bits per heavy atom. The van der Waals surface area contributed by atoms with Crippen LogP contribution in [-0.2, 0) is 16.5 Å². The SMILES string of the molecule is Cn1nnc(-c2nc(N3CCOCC3)nc(N3CCOCC3)n2)n1. The molecule has 2 aliphatic rings. The highest BCUT2D eigenvalue weighted by molar-refractivity contribution is 5.50. The molecule has 0 aromatic carbocycles. The number of hydrogen-bond acceptors (Lipinski definition) is 10. The van der Waals surface area contributed by atoms with E-state index >= 15 is 0 Å². The number of tetrazole rings is 1. The summed E-state index contributed by atoms with van der Waals surface area (Å²) in [5, 5.41) is 12.1. The fourth-order valence-electron chi connectivity index (χ4n) is 2.64. The van der Waals surface area contributed by atoms with Crippen LogP contribution in [0.15, 0.2) is 0 Å². The van der Waals surface area contributed by atoms with Crippen molar-refractivity contribution in [2.45, 2.75) is 0 Å². The van der Waals surface area contributed by atoms with Crippen molar-refractivity contribution in [3.63, 3.8) is 0 Å². The minimum Gasteiger partial charge on any atom is -0.378 e. The Hall–Kier alpha value is -2.40. The zero-order chi connectivity index (χ0) is 16.4. The Balaban J connectivity index is 1.71. The van der Waals surface area contributed by atoms with Gasteiger partial charge in [-0.05, 0) is 5.21 Å². The molecule has 2 aromatic heterocycles. The highest BCUT2D eigenvalue weighted by Crippen LogP contribution is 2.20. The van der Waals surface area contributed by atoms with Gasteiger partial charge in [-0.1, -0.05) is 0 Å². The van der Waals surface area contributed by atoms with Gasteiger partial charge in [0.05, 0.1) is 33.5 Å². The predicted molar refractivity (Wildman–Crippen MR) is 83.7 cm³/mol. The number of aromatic nitrogens is 7. The smallest absolute Gasteiger partial charge is 0.242 e. The van der Waals surface area contributed by atoms with Crippen LogP contribution in [0.2, 0.25) is 0 Å². The van der Waals surface area contributed by atoms with Gasteiger partial charge in [-0.15, -0.1) is 10.2 Å². The molecule has 0 atom stereocenters. The first-order valence-electron chi connectivity index (χ1n) is 7.95. The van der Waals surface area contributed by atoms with Crippen LogP contribution in [0.5, 0.6) is 0 Å². The molecule has 2 aliphatic heterocycles. The average Bonchev–Trinajstić information content (AvgIpc) is 3.09. The molecule has 0 N–H and O–H groups in total. The zero-order valence-corrected chi connectivity index (χ0v) is 13.5. The number of aryl methyl sites for hydroxylation is 1. The van der Waals surface area contributed by atoms with Gasteiger partial charge in [0, 0.05) is 26.2 Å². The summed E-state index contributed by atoms with van der Waals surface area (Å²) < 4.78 is 10.8. The average molecular weight is 333 g/mol. The topological polar surface area (TPSA) is 107 Å². The minimum absolute atomic E-state index is 0.393. The molecule has 11 heteroatoms. The minimum atomic E-state index is 0.393. The third-order valence-corrected chi connectivity index (χ3v) is 3.91. The van der Waals surface area contributed by atoms with Gasteiger partial charge < -0.3 is 19.3 Å². The number of rotatable bonds is 3. The summed E-state index contributed by atoms with van der Waals surface area (Å²) in [5.74, 6) is 2.07. The van der Waals surface area contributed by atoms with Crippen LogP contribution < -0.4 is 9.80 Å². The van der Waals surface area contributed by atoms with Crippen molar-refractivity contribution >= 4 is 11.9 Å². The van der Waals surface area contributed by atoms with Gasteiger partial charge >= 0.3 is 0 Å². The summed E-state index contributed by atoms with van der Waals surface area (Å²) in [6.45, 7) is 5.66. The third kappa shape index (κ3) is 3.12. The maximum atomic E-state index is 5.41. The van der Waals surface area contributed by atoms with Crippen LogP contribution in [-0.4, -0.2) is 87.8 Å². The molecule has 0 aliphatic carbocycles. The molecule has 2 fully saturated rings. The summed E-state index contributed by atoms with van der Waals surface area (Å²) in [6, 6.07) is 0. The van der Waals surface area contributed by atoms with E-state index in [0.717, 1.165) is 26.2 Å². The van der Waals surface area contributed by atoms with Gasteiger partial charge in [-0.25, -0.2) is 0 Å². The van der Waals surface area contributed by atoms with E-state index in [1.165, 1.54) is 4.80 Å². The van der Waals surface area contributed by atoms with Crippen LogP contribution in [0.25, 0.3) is 11.6 Å². The van der Waals surface area contributed by atoms with Gasteiger partial charge in [-0.3, -0.25) is 0 Å². The van der Waals surface area contributed by atoms with E-state index < -0.39 is 0 Å². The van der Waals surface area contributed by atoms with E-state index in [-0.39, 0.29) is 0 Å². The fraction of sp³-hybridized carbons (Fsp3) is 0.692. The lowest BCUT2D eigenvalue weighted by Crippen LogP contribution is -2.40. The van der Waals surface area contributed by atoms with Crippen molar-refractivity contribution in [1.29, 1.82) is 0 Å². The molecule has 128 valence electrons. The summed E-state index contributed by atoms with van der Waals surface area (Å²) >= 11 is 0. The van der Waals surface area contributed by atoms with Crippen LogP contribution in [0.4, 0.5) is 11.9 Å². The Labute approximate surface area is 138 Å². The third-order valence-electron chi connectivity index (χ3n) is 3.91. The van der Waals surface area contributed by atoms with Gasteiger partial charge in [0.1, 0.15) is 0 Å². The highest BCUT2D eigenvalue weighted by Gasteiger charge is 2.22. The first-order valence-corrected chi connectivity index (χ1v) is 7.95. The Morgan fingerprint density at radius 1 is 0.750 bits per heavy atom. The Morgan fingerprint density at radius 2 is 1.29 bits per heavy atom. The second-order valence-corrected chi connectivity index (χ2v) is 5.56. The number of morpholine rings is 2. The monoisotopic (exact) mass is 333 g/mol. The molecule has 2 saturated heterocycles. The number of nitrogens with zero attached hydrogens (tertiary/aromatic N) is 9. The number of hydrogen-bond donors (Lipinski definition) is 0. The lowest BCUT2D eigenvalue weighted by Gasteiger charge is -2.30. The molecule has 11 nitrogen and oxygen atoms in total. The van der Waals surface area contributed by atoms with Crippen LogP contribution in [0.3, 0.4) is 0 Å². The molecule has 4 rings (SSSR count). The van der Waals surface area contributed by atoms with E-state index in [0.29, 0.717) is 50.0 Å². The zero-order valence-electron chi connectivity index (χ0n) is 13.5. The maximum Gasteiger partial charge on any atom is 0.242 e. The normalized spacial score (nSPS) is 18.9. The first kappa shape index (κ1) is 15.1. The van der Waals surface area contributed by atoms with Crippen molar-refractivity contribution in [3.8, 4) is 11.6 Å². The molecule has 2 aromatic rings. The molecule has 0 bridgehead atoms. The first-order chi connectivity index (χ1) is 11.8. The lowest BCUT2D eigenvalue weighted by molar-refractivity contribution is 0.121. The highest BCUT2D eigenvalue weighted by atomic mass is 16.5. The predicted octanol–water partition coefficient (Wildman–Crippen LogP) is -1.26. The molecule has 4 heterocycles. The van der Waals surface area contributed by atoms with E-state index in [1.807, 2.05) is 0 Å². The van der Waals surface area contributed by atoms with Crippen LogP contribution in [0.1, 0.15) is 0 Å². The van der Waals surface area contributed by atoms with Crippen molar-refractivity contribution < 1.29 is 9.47 Å². The van der Waals surface area contributed by atoms with Gasteiger partial charge in [0.2, 0.25) is 23.5 Å². The van der Waals surface area contributed by atoms with E-state index in [1.54, 1.807) is 7.05 Å². The largest absolute Gasteiger partial charge is 0.378 e. The summed E-state index contributed by atoms with van der Waals surface area (Å²) in [7, 11) is 1.71. The van der Waals surface area contributed by atoms with Crippen molar-refractivity contribution in [1.82, 2.24) is 35.2 Å². The van der Waals surface area contributed by atoms with E-state index in [4.69, 9.17) is 9.47 Å². The molecule has 24 heavy (non-hydrogen) atoms. The maximum absolute atomic E-state index is 5.41. The summed E-state index contributed by atoms with van der Waals surface area (Å²) in [5.41, 5.74) is 0. The standard InChI is InChI=1S/C13H19N9O2/c1-20-18-11(17-19-20)10-14-12(21-2-6-23-7-3-21)16-13(15-10)22-4-8-24-9-5-22/h2-9H2,1H3. The van der Waals surface area contributed by atoms with Crippen LogP contribution in [0, 0.1) is 0 Å². The summed E-state index contributed by atoms with van der Waals surface area (Å²) in [6.07, 6.45) is 0. The molecular formula is C13H19N9O2. The molecule has 0 saturated carbocycles. The van der Waals surface area contributed by atoms with Crippen molar-refractivity contribution in [3.05, 3.63) is 0 Å².